The molecule has 0 aliphatic rings. The van der Waals surface area contributed by atoms with Crippen LogP contribution in [0.25, 0.3) is 11.0 Å². The van der Waals surface area contributed by atoms with Crippen molar-refractivity contribution in [3.63, 3.8) is 0 Å². The average Bonchev–Trinajstić information content (AvgIpc) is 2.90. The molecule has 0 aliphatic carbocycles. The van der Waals surface area contributed by atoms with Crippen molar-refractivity contribution in [3.8, 4) is 0 Å². The second-order valence-corrected chi connectivity index (χ2v) is 6.40. The molecule has 2 aromatic carbocycles. The van der Waals surface area contributed by atoms with E-state index in [4.69, 9.17) is 0 Å². The van der Waals surface area contributed by atoms with E-state index in [1.165, 1.54) is 0 Å². The van der Waals surface area contributed by atoms with E-state index in [1.54, 1.807) is 35.5 Å². The van der Waals surface area contributed by atoms with Crippen LogP contribution in [0.2, 0.25) is 0 Å². The number of para-hydroxylation sites is 2. The van der Waals surface area contributed by atoms with Gasteiger partial charge in [-0.25, -0.2) is 9.66 Å². The number of rotatable bonds is 4. The summed E-state index contributed by atoms with van der Waals surface area (Å²) in [5.74, 6) is 0.210. The van der Waals surface area contributed by atoms with Gasteiger partial charge in [0.25, 0.3) is 5.91 Å². The SMILES string of the molecule is C[S@](=O)Cc1cccc(C(=O)Nn2cnc3ccccc32)c1. The first kappa shape index (κ1) is 14.5. The molecule has 0 saturated heterocycles. The summed E-state index contributed by atoms with van der Waals surface area (Å²) in [7, 11) is -0.935. The Bertz CT molecular complexity index is 857. The Labute approximate surface area is 130 Å². The molecule has 22 heavy (non-hydrogen) atoms. The van der Waals surface area contributed by atoms with E-state index in [2.05, 4.69) is 10.4 Å². The summed E-state index contributed by atoms with van der Waals surface area (Å²) >= 11 is 0. The number of hydrogen-bond donors (Lipinski definition) is 1. The fraction of sp³-hybridized carbons (Fsp3) is 0.125. The van der Waals surface area contributed by atoms with Crippen LogP contribution in [0.15, 0.2) is 54.9 Å². The summed E-state index contributed by atoms with van der Waals surface area (Å²) in [6, 6.07) is 14.7. The first-order chi connectivity index (χ1) is 10.6. The van der Waals surface area contributed by atoms with Crippen LogP contribution < -0.4 is 5.43 Å². The standard InChI is InChI=1S/C16H15N3O2S/c1-22(21)10-12-5-4-6-13(9-12)16(20)18-19-11-17-14-7-2-3-8-15(14)19/h2-9,11H,10H2,1H3,(H,18,20)/t22-/m0/s1. The fourth-order valence-corrected chi connectivity index (χ4v) is 2.91. The molecule has 0 saturated carbocycles. The highest BCUT2D eigenvalue weighted by Gasteiger charge is 2.09. The minimum Gasteiger partial charge on any atom is -0.267 e. The third-order valence-electron chi connectivity index (χ3n) is 3.23. The van der Waals surface area contributed by atoms with Crippen molar-refractivity contribution >= 4 is 27.7 Å². The molecule has 0 aliphatic heterocycles. The summed E-state index contributed by atoms with van der Waals surface area (Å²) in [4.78, 5) is 16.6. The molecule has 0 fully saturated rings. The van der Waals surface area contributed by atoms with Crippen molar-refractivity contribution in [2.75, 3.05) is 11.7 Å². The smallest absolute Gasteiger partial charge is 0.267 e. The Hall–Kier alpha value is -2.47. The Morgan fingerprint density at radius 3 is 2.86 bits per heavy atom. The molecule has 0 bridgehead atoms. The maximum atomic E-state index is 12.4. The van der Waals surface area contributed by atoms with Crippen LogP contribution in [0.3, 0.4) is 0 Å². The second-order valence-electron chi connectivity index (χ2n) is 4.96. The molecule has 3 rings (SSSR count). The van der Waals surface area contributed by atoms with Gasteiger partial charge in [0.15, 0.2) is 0 Å². The third kappa shape index (κ3) is 3.07. The Morgan fingerprint density at radius 2 is 2.05 bits per heavy atom. The molecule has 5 nitrogen and oxygen atoms in total. The number of nitrogens with zero attached hydrogens (tertiary/aromatic N) is 2. The van der Waals surface area contributed by atoms with Crippen molar-refractivity contribution in [2.24, 2.45) is 0 Å². The number of carbonyl (C=O) groups excluding carboxylic acids is 1. The molecule has 0 unspecified atom stereocenters. The van der Waals surface area contributed by atoms with Gasteiger partial charge in [-0.2, -0.15) is 0 Å². The predicted molar refractivity (Wildman–Crippen MR) is 87.6 cm³/mol. The first-order valence-electron chi connectivity index (χ1n) is 6.76. The van der Waals surface area contributed by atoms with E-state index in [-0.39, 0.29) is 5.91 Å². The van der Waals surface area contributed by atoms with Gasteiger partial charge < -0.3 is 0 Å². The van der Waals surface area contributed by atoms with Crippen molar-refractivity contribution < 1.29 is 9.00 Å². The summed E-state index contributed by atoms with van der Waals surface area (Å²) in [6.07, 6.45) is 3.22. The lowest BCUT2D eigenvalue weighted by molar-refractivity contribution is 0.101. The first-order valence-corrected chi connectivity index (χ1v) is 8.48. The van der Waals surface area contributed by atoms with Crippen molar-refractivity contribution in [2.45, 2.75) is 5.75 Å². The zero-order valence-corrected chi connectivity index (χ0v) is 12.8. The lowest BCUT2D eigenvalue weighted by atomic mass is 10.1. The number of nitrogens with one attached hydrogen (secondary N) is 1. The largest absolute Gasteiger partial charge is 0.270 e. The highest BCUT2D eigenvalue weighted by Crippen LogP contribution is 2.12. The topological polar surface area (TPSA) is 64.0 Å². The number of aromatic nitrogens is 2. The van der Waals surface area contributed by atoms with Gasteiger partial charge in [0, 0.05) is 28.4 Å². The number of fused-ring (bicyclic) bond motifs is 1. The van der Waals surface area contributed by atoms with Gasteiger partial charge in [0.2, 0.25) is 0 Å². The summed E-state index contributed by atoms with van der Waals surface area (Å²) in [5, 5.41) is 0. The van der Waals surface area contributed by atoms with Gasteiger partial charge in [0.1, 0.15) is 6.33 Å². The van der Waals surface area contributed by atoms with Gasteiger partial charge >= 0.3 is 0 Å². The van der Waals surface area contributed by atoms with E-state index in [0.717, 1.165) is 16.6 Å². The lowest BCUT2D eigenvalue weighted by Gasteiger charge is -2.08. The van der Waals surface area contributed by atoms with Crippen molar-refractivity contribution in [1.82, 2.24) is 9.66 Å². The van der Waals surface area contributed by atoms with Gasteiger partial charge in [-0.15, -0.1) is 0 Å². The molecule has 1 N–H and O–H groups in total. The van der Waals surface area contributed by atoms with E-state index < -0.39 is 10.8 Å². The van der Waals surface area contributed by atoms with Gasteiger partial charge in [-0.1, -0.05) is 24.3 Å². The van der Waals surface area contributed by atoms with Crippen LogP contribution in [-0.2, 0) is 16.6 Å². The number of hydrogen-bond acceptors (Lipinski definition) is 3. The van der Waals surface area contributed by atoms with Gasteiger partial charge in [0.05, 0.1) is 11.0 Å². The molecule has 1 amide bonds. The zero-order valence-electron chi connectivity index (χ0n) is 12.0. The highest BCUT2D eigenvalue weighted by atomic mass is 32.2. The molecule has 3 aromatic rings. The van der Waals surface area contributed by atoms with Gasteiger partial charge in [-0.3, -0.25) is 14.4 Å². The number of imidazole rings is 1. The molecule has 0 spiro atoms. The minimum absolute atomic E-state index is 0.230. The monoisotopic (exact) mass is 313 g/mol. The van der Waals surface area contributed by atoms with Crippen LogP contribution >= 0.6 is 0 Å². The Kier molecular flexibility index (Phi) is 4.02. The maximum Gasteiger partial charge on any atom is 0.270 e. The number of amides is 1. The Morgan fingerprint density at radius 1 is 1.23 bits per heavy atom. The van der Waals surface area contributed by atoms with Crippen LogP contribution in [0, 0.1) is 0 Å². The quantitative estimate of drug-likeness (QED) is 0.804. The second kappa shape index (κ2) is 6.11. The van der Waals surface area contributed by atoms with E-state index in [0.29, 0.717) is 11.3 Å². The van der Waals surface area contributed by atoms with E-state index >= 15 is 0 Å². The van der Waals surface area contributed by atoms with E-state index in [9.17, 15) is 9.00 Å². The average molecular weight is 313 g/mol. The molecule has 1 atom stereocenters. The number of benzene rings is 2. The summed E-state index contributed by atoms with van der Waals surface area (Å²) < 4.78 is 12.9. The highest BCUT2D eigenvalue weighted by molar-refractivity contribution is 7.83. The fourth-order valence-electron chi connectivity index (χ4n) is 2.26. The van der Waals surface area contributed by atoms with Crippen LogP contribution in [0.4, 0.5) is 0 Å². The van der Waals surface area contributed by atoms with E-state index in [1.807, 2.05) is 30.3 Å². The minimum atomic E-state index is -0.935. The van der Waals surface area contributed by atoms with Gasteiger partial charge in [-0.05, 0) is 29.8 Å². The third-order valence-corrected chi connectivity index (χ3v) is 3.97. The van der Waals surface area contributed by atoms with Crippen molar-refractivity contribution in [1.29, 1.82) is 0 Å². The molecule has 0 radical (unpaired) electrons. The zero-order chi connectivity index (χ0) is 15.5. The van der Waals surface area contributed by atoms with Crippen LogP contribution in [-0.4, -0.2) is 26.0 Å². The lowest BCUT2D eigenvalue weighted by Crippen LogP contribution is -2.22. The maximum absolute atomic E-state index is 12.4. The molecular weight excluding hydrogens is 298 g/mol. The molecule has 112 valence electrons. The molecule has 1 heterocycles. The summed E-state index contributed by atoms with van der Waals surface area (Å²) in [5.41, 5.74) is 5.86. The summed E-state index contributed by atoms with van der Waals surface area (Å²) in [6.45, 7) is 0. The van der Waals surface area contributed by atoms with Crippen molar-refractivity contribution in [3.05, 3.63) is 66.0 Å². The number of carbonyl (C=O) groups is 1. The normalized spacial score (nSPS) is 12.2. The van der Waals surface area contributed by atoms with Crippen LogP contribution in [0.1, 0.15) is 15.9 Å². The predicted octanol–water partition coefficient (Wildman–Crippen LogP) is 2.30. The molecule has 6 heteroatoms. The van der Waals surface area contributed by atoms with Crippen LogP contribution in [0.5, 0.6) is 0 Å². The molecular formula is C16H15N3O2S. The Balaban J connectivity index is 1.84. The molecule has 1 aromatic heterocycles.